The van der Waals surface area contributed by atoms with Crippen molar-refractivity contribution in [2.75, 3.05) is 5.32 Å². The minimum Gasteiger partial charge on any atom is -0.314 e. The van der Waals surface area contributed by atoms with E-state index in [4.69, 9.17) is 11.6 Å². The molecule has 0 fully saturated rings. The minimum absolute atomic E-state index is 0.252. The number of halogens is 4. The van der Waals surface area contributed by atoms with Crippen LogP contribution < -0.4 is 10.6 Å². The van der Waals surface area contributed by atoms with Crippen LogP contribution in [0.3, 0.4) is 0 Å². The Bertz CT molecular complexity index is 712. The van der Waals surface area contributed by atoms with Crippen LogP contribution >= 0.6 is 11.6 Å². The summed E-state index contributed by atoms with van der Waals surface area (Å²) in [6.45, 7) is 0. The number of anilines is 1. The van der Waals surface area contributed by atoms with Gasteiger partial charge in [0.25, 0.3) is 0 Å². The number of alkyl halides is 3. The fourth-order valence-electron chi connectivity index (χ4n) is 1.73. The second kappa shape index (κ2) is 7.19. The van der Waals surface area contributed by atoms with E-state index in [0.29, 0.717) is 5.02 Å². The van der Waals surface area contributed by atoms with E-state index >= 15 is 0 Å². The lowest BCUT2D eigenvalue weighted by molar-refractivity contribution is -0.137. The number of carbonyl (C=O) groups is 1. The van der Waals surface area contributed by atoms with Gasteiger partial charge in [0.05, 0.1) is 5.56 Å². The zero-order chi connectivity index (χ0) is 16.9. The van der Waals surface area contributed by atoms with Crippen molar-refractivity contribution < 1.29 is 18.0 Å². The smallest absolute Gasteiger partial charge is 0.314 e. The Morgan fingerprint density at radius 3 is 2.30 bits per heavy atom. The van der Waals surface area contributed by atoms with Gasteiger partial charge in [-0.3, -0.25) is 0 Å². The van der Waals surface area contributed by atoms with Crippen molar-refractivity contribution in [1.29, 1.82) is 0 Å². The minimum atomic E-state index is -4.40. The lowest BCUT2D eigenvalue weighted by Gasteiger charge is -2.08. The van der Waals surface area contributed by atoms with Crippen LogP contribution in [-0.2, 0) is 6.18 Å². The Morgan fingerprint density at radius 1 is 1.04 bits per heavy atom. The summed E-state index contributed by atoms with van der Waals surface area (Å²) < 4.78 is 37.3. The number of hydrogen-bond donors (Lipinski definition) is 2. The topological polar surface area (TPSA) is 41.1 Å². The van der Waals surface area contributed by atoms with Crippen LogP contribution in [0.15, 0.2) is 54.7 Å². The highest BCUT2D eigenvalue weighted by Crippen LogP contribution is 2.29. The molecule has 2 N–H and O–H groups in total. The number of rotatable bonds is 3. The van der Waals surface area contributed by atoms with Crippen molar-refractivity contribution in [3.05, 3.63) is 70.9 Å². The maximum Gasteiger partial charge on any atom is 0.416 e. The van der Waals surface area contributed by atoms with Gasteiger partial charge in [0, 0.05) is 16.9 Å². The molecule has 2 aromatic carbocycles. The first kappa shape index (κ1) is 16.9. The van der Waals surface area contributed by atoms with Gasteiger partial charge in [0.1, 0.15) is 0 Å². The van der Waals surface area contributed by atoms with E-state index in [1.165, 1.54) is 18.3 Å². The van der Waals surface area contributed by atoms with E-state index in [2.05, 4.69) is 10.6 Å². The molecule has 0 radical (unpaired) electrons. The van der Waals surface area contributed by atoms with Gasteiger partial charge in [-0.2, -0.15) is 13.2 Å². The summed E-state index contributed by atoms with van der Waals surface area (Å²) >= 11 is 5.95. The van der Waals surface area contributed by atoms with Crippen LogP contribution in [0.5, 0.6) is 0 Å². The summed E-state index contributed by atoms with van der Waals surface area (Å²) in [5.41, 5.74) is 0.202. The average molecular weight is 341 g/mol. The van der Waals surface area contributed by atoms with Crippen molar-refractivity contribution in [2.24, 2.45) is 0 Å². The third-order valence-electron chi connectivity index (χ3n) is 2.85. The molecule has 2 rings (SSSR count). The molecule has 0 aliphatic rings. The fourth-order valence-corrected chi connectivity index (χ4v) is 1.93. The second-order valence-electron chi connectivity index (χ2n) is 4.53. The molecule has 0 spiro atoms. The molecule has 0 unspecified atom stereocenters. The summed E-state index contributed by atoms with van der Waals surface area (Å²) in [4.78, 5) is 11.6. The molecule has 0 saturated heterocycles. The van der Waals surface area contributed by atoms with Gasteiger partial charge in [0.2, 0.25) is 0 Å². The highest BCUT2D eigenvalue weighted by atomic mass is 35.5. The molecule has 2 aromatic rings. The Hall–Kier alpha value is -2.47. The summed E-state index contributed by atoms with van der Waals surface area (Å²) in [7, 11) is 0. The highest BCUT2D eigenvalue weighted by Gasteiger charge is 2.29. The first-order valence-corrected chi connectivity index (χ1v) is 6.90. The van der Waals surface area contributed by atoms with E-state index in [1.54, 1.807) is 30.3 Å². The second-order valence-corrected chi connectivity index (χ2v) is 4.94. The quantitative estimate of drug-likeness (QED) is 0.797. The number of carbonyl (C=O) groups excluding carboxylic acids is 1. The number of benzene rings is 2. The van der Waals surface area contributed by atoms with Gasteiger partial charge in [-0.1, -0.05) is 29.8 Å². The average Bonchev–Trinajstić information content (AvgIpc) is 2.49. The monoisotopic (exact) mass is 340 g/mol. The summed E-state index contributed by atoms with van der Waals surface area (Å²) in [6, 6.07) is 10.6. The van der Waals surface area contributed by atoms with Crippen LogP contribution in [0.2, 0.25) is 5.02 Å². The Morgan fingerprint density at radius 2 is 1.70 bits per heavy atom. The van der Waals surface area contributed by atoms with Gasteiger partial charge in [-0.05, 0) is 42.0 Å². The van der Waals surface area contributed by atoms with E-state index in [1.807, 2.05) is 0 Å². The Labute approximate surface area is 135 Å². The van der Waals surface area contributed by atoms with Crippen molar-refractivity contribution in [3.63, 3.8) is 0 Å². The number of urea groups is 1. The molecule has 0 bridgehead atoms. The molecule has 2 amide bonds. The summed E-state index contributed by atoms with van der Waals surface area (Å²) in [5.74, 6) is 0. The molecule has 23 heavy (non-hydrogen) atoms. The van der Waals surface area contributed by atoms with Crippen LogP contribution in [0.1, 0.15) is 11.1 Å². The molecule has 0 saturated carbocycles. The Balaban J connectivity index is 1.91. The highest BCUT2D eigenvalue weighted by molar-refractivity contribution is 6.32. The molecule has 0 aromatic heterocycles. The van der Waals surface area contributed by atoms with E-state index in [-0.39, 0.29) is 5.69 Å². The molecule has 0 aliphatic heterocycles. The third kappa shape index (κ3) is 5.03. The van der Waals surface area contributed by atoms with Gasteiger partial charge >= 0.3 is 12.2 Å². The molecular weight excluding hydrogens is 329 g/mol. The molecular formula is C16H12ClF3N2O. The number of amides is 2. The van der Waals surface area contributed by atoms with Crippen LogP contribution in [-0.4, -0.2) is 6.03 Å². The van der Waals surface area contributed by atoms with Crippen molar-refractivity contribution in [3.8, 4) is 0 Å². The summed E-state index contributed by atoms with van der Waals surface area (Å²) in [5, 5.41) is 5.40. The van der Waals surface area contributed by atoms with Crippen LogP contribution in [0.25, 0.3) is 6.08 Å². The molecule has 7 heteroatoms. The SMILES string of the molecule is O=C(N/C=C/c1ccccc1Cl)Nc1ccc(C(F)(F)F)cc1. The lowest BCUT2D eigenvalue weighted by Crippen LogP contribution is -2.23. The predicted octanol–water partition coefficient (Wildman–Crippen LogP) is 5.15. The van der Waals surface area contributed by atoms with Gasteiger partial charge in [0.15, 0.2) is 0 Å². The molecule has 0 atom stereocenters. The first-order chi connectivity index (χ1) is 10.9. The van der Waals surface area contributed by atoms with Crippen molar-refractivity contribution >= 4 is 29.4 Å². The zero-order valence-electron chi connectivity index (χ0n) is 11.7. The van der Waals surface area contributed by atoms with Gasteiger partial charge in [-0.15, -0.1) is 0 Å². The summed E-state index contributed by atoms with van der Waals surface area (Å²) in [6.07, 6.45) is -1.41. The van der Waals surface area contributed by atoms with Gasteiger partial charge in [-0.25, -0.2) is 4.79 Å². The van der Waals surface area contributed by atoms with E-state index in [9.17, 15) is 18.0 Å². The standard InChI is InChI=1S/C16H12ClF3N2O/c17-14-4-2-1-3-11(14)9-10-21-15(23)22-13-7-5-12(6-8-13)16(18,19)20/h1-10H,(H2,21,22,23)/b10-9+. The zero-order valence-corrected chi connectivity index (χ0v) is 12.4. The third-order valence-corrected chi connectivity index (χ3v) is 3.20. The van der Waals surface area contributed by atoms with E-state index < -0.39 is 17.8 Å². The molecule has 0 heterocycles. The van der Waals surface area contributed by atoms with Crippen molar-refractivity contribution in [1.82, 2.24) is 5.32 Å². The van der Waals surface area contributed by atoms with Crippen LogP contribution in [0, 0.1) is 0 Å². The Kier molecular flexibility index (Phi) is 5.28. The largest absolute Gasteiger partial charge is 0.416 e. The predicted molar refractivity (Wildman–Crippen MR) is 84.1 cm³/mol. The fraction of sp³-hybridized carbons (Fsp3) is 0.0625. The maximum atomic E-state index is 12.4. The number of hydrogen-bond acceptors (Lipinski definition) is 1. The van der Waals surface area contributed by atoms with Crippen molar-refractivity contribution in [2.45, 2.75) is 6.18 Å². The van der Waals surface area contributed by atoms with Crippen LogP contribution in [0.4, 0.5) is 23.7 Å². The normalized spacial score (nSPS) is 11.5. The molecule has 120 valence electrons. The molecule has 3 nitrogen and oxygen atoms in total. The number of nitrogens with one attached hydrogen (secondary N) is 2. The van der Waals surface area contributed by atoms with Gasteiger partial charge < -0.3 is 10.6 Å². The first-order valence-electron chi connectivity index (χ1n) is 6.52. The maximum absolute atomic E-state index is 12.4. The van der Waals surface area contributed by atoms with E-state index in [0.717, 1.165) is 17.7 Å². The molecule has 0 aliphatic carbocycles. The lowest BCUT2D eigenvalue weighted by atomic mass is 10.2.